The van der Waals surface area contributed by atoms with Crippen LogP contribution in [0.1, 0.15) is 44.8 Å². The van der Waals surface area contributed by atoms with E-state index in [1.165, 1.54) is 23.9 Å². The Morgan fingerprint density at radius 2 is 1.69 bits per heavy atom. The predicted octanol–water partition coefficient (Wildman–Crippen LogP) is 6.63. The lowest BCUT2D eigenvalue weighted by atomic mass is 10.1. The van der Waals surface area contributed by atoms with Gasteiger partial charge in [0.2, 0.25) is 0 Å². The molecule has 0 radical (unpaired) electrons. The maximum absolute atomic E-state index is 13.9. The molecule has 4 aromatic carbocycles. The number of anilines is 1. The van der Waals surface area contributed by atoms with E-state index in [1.54, 1.807) is 35.2 Å². The van der Waals surface area contributed by atoms with Crippen molar-refractivity contribution in [3.05, 3.63) is 125 Å². The molecule has 0 spiro atoms. The fourth-order valence-corrected chi connectivity index (χ4v) is 5.20. The average Bonchev–Trinajstić information content (AvgIpc) is 2.99. The topological polar surface area (TPSA) is 49.4 Å². The summed E-state index contributed by atoms with van der Waals surface area (Å²) in [7, 11) is 0. The number of carbonyl (C=O) groups is 2. The second kappa shape index (κ2) is 9.76. The minimum atomic E-state index is -0.359. The van der Waals surface area contributed by atoms with E-state index in [1.807, 2.05) is 61.5 Å². The third-order valence-electron chi connectivity index (χ3n) is 5.97. The molecule has 1 aliphatic rings. The molecule has 2 amide bonds. The quantitative estimate of drug-likeness (QED) is 0.347. The van der Waals surface area contributed by atoms with Crippen molar-refractivity contribution in [2.24, 2.45) is 0 Å². The van der Waals surface area contributed by atoms with E-state index in [2.05, 4.69) is 5.32 Å². The zero-order valence-corrected chi connectivity index (χ0v) is 19.9. The van der Waals surface area contributed by atoms with Gasteiger partial charge in [-0.15, -0.1) is 0 Å². The van der Waals surface area contributed by atoms with E-state index in [0.29, 0.717) is 22.4 Å². The highest BCUT2D eigenvalue weighted by atomic mass is 32.2. The lowest BCUT2D eigenvalue weighted by Gasteiger charge is -2.24. The number of fused-ring (bicyclic) bond motifs is 2. The van der Waals surface area contributed by atoms with Gasteiger partial charge in [-0.2, -0.15) is 0 Å². The van der Waals surface area contributed by atoms with Crippen molar-refractivity contribution in [2.45, 2.75) is 29.3 Å². The van der Waals surface area contributed by atoms with Crippen LogP contribution < -0.4 is 10.2 Å². The Kier molecular flexibility index (Phi) is 6.38. The second-order valence-corrected chi connectivity index (χ2v) is 9.49. The molecule has 0 aromatic heterocycles. The van der Waals surface area contributed by atoms with Crippen LogP contribution in [0.25, 0.3) is 0 Å². The van der Waals surface area contributed by atoms with Crippen molar-refractivity contribution in [3.8, 4) is 0 Å². The predicted molar refractivity (Wildman–Crippen MR) is 136 cm³/mol. The zero-order chi connectivity index (χ0) is 24.4. The van der Waals surface area contributed by atoms with E-state index >= 15 is 0 Å². The molecule has 5 rings (SSSR count). The van der Waals surface area contributed by atoms with Crippen molar-refractivity contribution in [3.63, 3.8) is 0 Å². The van der Waals surface area contributed by atoms with Crippen LogP contribution in [-0.2, 0) is 6.54 Å². The molecule has 1 N–H and O–H groups in total. The van der Waals surface area contributed by atoms with E-state index in [-0.39, 0.29) is 30.2 Å². The molecular formula is C29H23FN2O2S. The minimum absolute atomic E-state index is 0.175. The normalized spacial score (nSPS) is 13.4. The zero-order valence-electron chi connectivity index (χ0n) is 19.1. The molecule has 0 unspecified atom stereocenters. The first-order valence-corrected chi connectivity index (χ1v) is 12.1. The summed E-state index contributed by atoms with van der Waals surface area (Å²) in [6, 6.07) is 28.6. The van der Waals surface area contributed by atoms with Gasteiger partial charge in [-0.3, -0.25) is 9.59 Å². The summed E-state index contributed by atoms with van der Waals surface area (Å²) >= 11 is 1.49. The third-order valence-corrected chi connectivity index (χ3v) is 7.11. The van der Waals surface area contributed by atoms with Crippen LogP contribution in [-0.4, -0.2) is 11.8 Å². The summed E-state index contributed by atoms with van der Waals surface area (Å²) in [5.74, 6) is -0.775. The smallest absolute Gasteiger partial charge is 0.259 e. The molecule has 4 aromatic rings. The Morgan fingerprint density at radius 3 is 2.49 bits per heavy atom. The van der Waals surface area contributed by atoms with Gasteiger partial charge in [0.15, 0.2) is 0 Å². The number of amides is 2. The summed E-state index contributed by atoms with van der Waals surface area (Å²) in [6.07, 6.45) is 0. The van der Waals surface area contributed by atoms with E-state index < -0.39 is 0 Å². The van der Waals surface area contributed by atoms with Crippen LogP contribution in [0.5, 0.6) is 0 Å². The van der Waals surface area contributed by atoms with Crippen LogP contribution in [0.15, 0.2) is 107 Å². The van der Waals surface area contributed by atoms with E-state index in [9.17, 15) is 14.0 Å². The molecule has 1 aliphatic heterocycles. The van der Waals surface area contributed by atoms with Crippen molar-refractivity contribution < 1.29 is 14.0 Å². The van der Waals surface area contributed by atoms with Gasteiger partial charge < -0.3 is 10.2 Å². The summed E-state index contributed by atoms with van der Waals surface area (Å²) in [6.45, 7) is 2.12. The number of nitrogens with one attached hydrogen (secondary N) is 1. The lowest BCUT2D eigenvalue weighted by molar-refractivity contribution is 0.0937. The van der Waals surface area contributed by atoms with Gasteiger partial charge in [0.25, 0.3) is 11.8 Å². The molecule has 1 atom stereocenters. The lowest BCUT2D eigenvalue weighted by Crippen LogP contribution is -2.31. The van der Waals surface area contributed by atoms with Gasteiger partial charge in [0.05, 0.1) is 23.8 Å². The van der Waals surface area contributed by atoms with Crippen LogP contribution in [0.3, 0.4) is 0 Å². The molecular weight excluding hydrogens is 459 g/mol. The molecule has 174 valence electrons. The van der Waals surface area contributed by atoms with E-state index in [4.69, 9.17) is 0 Å². The van der Waals surface area contributed by atoms with Gasteiger partial charge >= 0.3 is 0 Å². The molecule has 0 saturated heterocycles. The van der Waals surface area contributed by atoms with Crippen molar-refractivity contribution in [1.82, 2.24) is 5.32 Å². The number of hydrogen-bond donors (Lipinski definition) is 1. The van der Waals surface area contributed by atoms with Crippen LogP contribution >= 0.6 is 11.8 Å². The monoisotopic (exact) mass is 482 g/mol. The number of nitrogens with zero attached hydrogens (tertiary/aromatic N) is 1. The van der Waals surface area contributed by atoms with Crippen molar-refractivity contribution >= 4 is 29.3 Å². The Bertz CT molecular complexity index is 1410. The van der Waals surface area contributed by atoms with Crippen LogP contribution in [0.4, 0.5) is 10.1 Å². The van der Waals surface area contributed by atoms with Gasteiger partial charge in [-0.25, -0.2) is 4.39 Å². The third kappa shape index (κ3) is 4.84. The van der Waals surface area contributed by atoms with Crippen molar-refractivity contribution in [1.29, 1.82) is 0 Å². The number of halogens is 1. The molecule has 4 nitrogen and oxygen atoms in total. The Balaban J connectivity index is 1.52. The fourth-order valence-electron chi connectivity index (χ4n) is 4.14. The highest BCUT2D eigenvalue weighted by Crippen LogP contribution is 2.42. The van der Waals surface area contributed by atoms with Gasteiger partial charge in [-0.1, -0.05) is 66.4 Å². The summed E-state index contributed by atoms with van der Waals surface area (Å²) in [5.41, 5.74) is 3.33. The van der Waals surface area contributed by atoms with Crippen LogP contribution in [0.2, 0.25) is 0 Å². The van der Waals surface area contributed by atoms with Crippen LogP contribution in [0, 0.1) is 5.82 Å². The molecule has 0 fully saturated rings. The van der Waals surface area contributed by atoms with Gasteiger partial charge in [0, 0.05) is 15.4 Å². The second-order valence-electron chi connectivity index (χ2n) is 8.41. The summed E-state index contributed by atoms with van der Waals surface area (Å²) in [5, 5.41) is 3.04. The molecule has 35 heavy (non-hydrogen) atoms. The van der Waals surface area contributed by atoms with Gasteiger partial charge in [-0.05, 0) is 60.5 Å². The maximum atomic E-state index is 13.9. The van der Waals surface area contributed by atoms with E-state index in [0.717, 1.165) is 15.4 Å². The first-order valence-electron chi connectivity index (χ1n) is 11.3. The minimum Gasteiger partial charge on any atom is -0.346 e. The largest absolute Gasteiger partial charge is 0.346 e. The SMILES string of the molecule is C[C@H](NC(=O)c1ccc2c(c1)N(Cc1cccc(F)c1)C(=O)c1ccccc1S2)c1ccccc1. The fraction of sp³-hybridized carbons (Fsp3) is 0.103. The first kappa shape index (κ1) is 22.9. The van der Waals surface area contributed by atoms with Gasteiger partial charge in [0.1, 0.15) is 5.82 Å². The Morgan fingerprint density at radius 1 is 0.914 bits per heavy atom. The molecule has 0 aliphatic carbocycles. The number of benzene rings is 4. The maximum Gasteiger partial charge on any atom is 0.259 e. The first-order chi connectivity index (χ1) is 17.0. The molecule has 0 saturated carbocycles. The molecule has 0 bridgehead atoms. The Labute approximate surface area is 207 Å². The van der Waals surface area contributed by atoms with Crippen molar-refractivity contribution in [2.75, 3.05) is 4.90 Å². The number of rotatable bonds is 5. The standard InChI is InChI=1S/C29H23FN2O2S/c1-19(21-9-3-2-4-10-21)31-28(33)22-14-15-27-25(17-22)32(18-20-8-7-11-23(30)16-20)29(34)24-12-5-6-13-26(24)35-27/h2-17,19H,18H2,1H3,(H,31,33)/t19-/m0/s1. The Hall–Kier alpha value is -3.90. The molecule has 6 heteroatoms. The highest BCUT2D eigenvalue weighted by molar-refractivity contribution is 7.99. The highest BCUT2D eigenvalue weighted by Gasteiger charge is 2.28. The molecule has 1 heterocycles. The average molecular weight is 483 g/mol. The summed E-state index contributed by atoms with van der Waals surface area (Å²) < 4.78 is 13.9. The number of hydrogen-bond acceptors (Lipinski definition) is 3. The number of carbonyl (C=O) groups excluding carboxylic acids is 2. The summed E-state index contributed by atoms with van der Waals surface area (Å²) in [4.78, 5) is 30.1.